The van der Waals surface area contributed by atoms with Gasteiger partial charge >= 0.3 is 31.7 Å². The number of hydrogen-bond acceptors (Lipinski definition) is 15. The molecule has 4 aliphatic heterocycles. The minimum atomic E-state index is -4.37. The van der Waals surface area contributed by atoms with E-state index in [2.05, 4.69) is 21.3 Å². The van der Waals surface area contributed by atoms with Gasteiger partial charge in [0.25, 0.3) is 0 Å². The first kappa shape index (κ1) is 96.3. The maximum absolute atomic E-state index is 13.3. The van der Waals surface area contributed by atoms with E-state index < -0.39 is 55.9 Å². The lowest BCUT2D eigenvalue weighted by Gasteiger charge is -2.28. The van der Waals surface area contributed by atoms with Crippen molar-refractivity contribution in [3.05, 3.63) is 383 Å². The van der Waals surface area contributed by atoms with Crippen LogP contribution in [0.3, 0.4) is 0 Å². The molecule has 8 amide bonds. The third-order valence-corrected chi connectivity index (χ3v) is 25.3. The predicted molar refractivity (Wildman–Crippen MR) is 506 cm³/mol. The highest BCUT2D eigenvalue weighted by Crippen LogP contribution is 2.48. The molecule has 698 valence electrons. The number of ether oxygens (including phenoxy) is 3. The highest BCUT2D eigenvalue weighted by molar-refractivity contribution is 7.60. The zero-order valence-corrected chi connectivity index (χ0v) is 74.7. The van der Waals surface area contributed by atoms with E-state index in [9.17, 15) is 86.8 Å². The Morgan fingerprint density at radius 2 is 0.585 bits per heavy atom. The van der Waals surface area contributed by atoms with Crippen LogP contribution in [-0.2, 0) is 11.0 Å². The van der Waals surface area contributed by atoms with Crippen LogP contribution in [0.1, 0.15) is 138 Å². The first-order chi connectivity index (χ1) is 65.1. The zero-order chi connectivity index (χ0) is 95.6. The molecule has 1 unspecified atom stereocenters. The predicted octanol–water partition coefficient (Wildman–Crippen LogP) is 19.7. The Balaban J connectivity index is 0.000000145. The van der Waals surface area contributed by atoms with Crippen LogP contribution in [0.4, 0.5) is 59.5 Å². The SMILES string of the molecule is COc1ccc([C@@H]2[C@H](CCC(O)c3ccc(F)cc3)NC(=O)N2c2ccccc2)c(O)c1.COc1ccc([C@@H]2[C@H](CCCc3ccc(F)cc3)NC(=O)N2c2ccccc2)c(O)c1.COc1ccc([C@@H]2[C@H](CC[C@H](O)c3ccc(F)cc3)NC(=O)N2c2ccccc2)c(O)c1.O=C1N[C@@H](CC[C@H](O)c2ccc(F)cc2)[C@@H](c2ccc(-c3ccc(P(=O)(O)O)cc3)cc2O)N1c1ccccc1. The van der Waals surface area contributed by atoms with Gasteiger partial charge < -0.3 is 81.0 Å². The Bertz CT molecular complexity index is 6060. The van der Waals surface area contributed by atoms with Gasteiger partial charge in [-0.25, -0.2) is 36.7 Å². The van der Waals surface area contributed by atoms with Crippen LogP contribution in [0.5, 0.6) is 40.2 Å². The first-order valence-electron chi connectivity index (χ1n) is 43.9. The fourth-order valence-electron chi connectivity index (χ4n) is 17.5. The molecule has 0 radical (unpaired) electrons. The van der Waals surface area contributed by atoms with Gasteiger partial charge in [-0.15, -0.1) is 0 Å². The van der Waals surface area contributed by atoms with E-state index >= 15 is 0 Å². The maximum atomic E-state index is 13.3. The second-order valence-corrected chi connectivity index (χ2v) is 34.5. The van der Waals surface area contributed by atoms with E-state index in [1.165, 1.54) is 99.1 Å². The fraction of sp³-hybridized carbons (Fsp3) is 0.219. The summed E-state index contributed by atoms with van der Waals surface area (Å²) in [5.41, 5.74) is 9.25. The second-order valence-electron chi connectivity index (χ2n) is 32.9. The van der Waals surface area contributed by atoms with E-state index in [1.807, 2.05) is 115 Å². The van der Waals surface area contributed by atoms with Gasteiger partial charge in [-0.05, 0) is 243 Å². The molecule has 0 aromatic heterocycles. The molecule has 0 bridgehead atoms. The lowest BCUT2D eigenvalue weighted by Crippen LogP contribution is -2.29. The Morgan fingerprint density at radius 3 is 0.852 bits per heavy atom. The third kappa shape index (κ3) is 23.5. The maximum Gasteiger partial charge on any atom is 0.356 e. The highest BCUT2D eigenvalue weighted by Gasteiger charge is 2.47. The Hall–Kier alpha value is -14.7. The van der Waals surface area contributed by atoms with Crippen LogP contribution < -0.4 is 60.4 Å². The lowest BCUT2D eigenvalue weighted by atomic mass is 9.91. The monoisotopic (exact) mass is 1850 g/mol. The van der Waals surface area contributed by atoms with Crippen molar-refractivity contribution in [3.63, 3.8) is 0 Å². The number of aliphatic hydroxyl groups excluding tert-OH is 3. The summed E-state index contributed by atoms with van der Waals surface area (Å²) >= 11 is 0. The van der Waals surface area contributed by atoms with Gasteiger partial charge in [0.2, 0.25) is 0 Å². The molecule has 13 N–H and O–H groups in total. The summed E-state index contributed by atoms with van der Waals surface area (Å²) in [6, 6.07) is 82.2. The molecule has 135 heavy (non-hydrogen) atoms. The van der Waals surface area contributed by atoms with E-state index in [1.54, 1.807) is 142 Å². The summed E-state index contributed by atoms with van der Waals surface area (Å²) in [7, 11) is 0.208. The quantitative estimate of drug-likeness (QED) is 0.0153. The molecule has 11 atom stereocenters. The number of para-hydroxylation sites is 4. The highest BCUT2D eigenvalue weighted by atomic mass is 31.2. The van der Waals surface area contributed by atoms with Crippen LogP contribution in [0.15, 0.2) is 315 Å². The molecule has 0 spiro atoms. The van der Waals surface area contributed by atoms with Gasteiger partial charge in [0.05, 0.1) is 93.3 Å². The molecule has 0 saturated carbocycles. The van der Waals surface area contributed by atoms with Crippen molar-refractivity contribution in [2.75, 3.05) is 40.9 Å². The normalized spacial score (nSPS) is 18.5. The van der Waals surface area contributed by atoms with Crippen molar-refractivity contribution >= 4 is 59.8 Å². The van der Waals surface area contributed by atoms with Crippen molar-refractivity contribution in [1.29, 1.82) is 0 Å². The number of methoxy groups -OCH3 is 3. The molecule has 13 aromatic rings. The van der Waals surface area contributed by atoms with Crippen LogP contribution in [0.25, 0.3) is 11.1 Å². The molecule has 4 saturated heterocycles. The number of nitrogens with zero attached hydrogens (tertiary/aromatic N) is 4. The molecule has 4 aliphatic rings. The van der Waals surface area contributed by atoms with Crippen molar-refractivity contribution in [2.24, 2.45) is 0 Å². The standard InChI is InChI=1S/C30H28FN2O6P.2C25H25FN2O4.C25H25FN2O3/c31-22-11-6-20(7-12-22)27(34)17-16-26-29(33(30(36)32-26)23-4-2-1-3-5-23)25-15-10-21(18-28(25)35)19-8-13-24(14-9-19)40(37,38)39;2*1-32-19-11-12-20(23(30)15-19)24-21(13-14-22(29)16-7-9-17(26)10-8-16)27-25(31)28(24)18-5-3-2-4-6-18;1-31-20-14-15-21(23(29)16-20)24-22(9-5-6-17-10-12-18(26)13-11-17)27-25(30)28(24)19-7-3-2-4-8-19/h1-15,18,26-27,29,34-35H,16-17H2,(H,32,36)(H2,37,38,39);2*2-12,15,21-22,24,29-30H,13-14H2,1H3,(H,27,31);2-4,7-8,10-16,22,24,29H,5-6,9H2,1H3,(H,27,30)/t26-,27-,29+;21-,22?,24+;21-,22-,24+;22-,24+/m0000/s1. The molecule has 30 heteroatoms. The van der Waals surface area contributed by atoms with Crippen molar-refractivity contribution in [3.8, 4) is 51.4 Å². The van der Waals surface area contributed by atoms with Crippen molar-refractivity contribution in [2.45, 2.75) is 124 Å². The van der Waals surface area contributed by atoms with Gasteiger partial charge in [0, 0.05) is 63.2 Å². The molecule has 17 rings (SSSR count). The Kier molecular flexibility index (Phi) is 31.6. The molecular formula is C105H103F4N8O17P. The number of carbonyl (C=O) groups is 4. The van der Waals surface area contributed by atoms with Crippen LogP contribution in [0.2, 0.25) is 0 Å². The largest absolute Gasteiger partial charge is 0.508 e. The van der Waals surface area contributed by atoms with Crippen LogP contribution >= 0.6 is 7.60 Å². The number of carbonyl (C=O) groups excluding carboxylic acids is 4. The van der Waals surface area contributed by atoms with Crippen molar-refractivity contribution < 1.29 is 101 Å². The third-order valence-electron chi connectivity index (χ3n) is 24.4. The van der Waals surface area contributed by atoms with Gasteiger partial charge in [-0.1, -0.05) is 146 Å². The molecule has 4 fully saturated rings. The smallest absolute Gasteiger partial charge is 0.356 e. The number of aliphatic hydroxyl groups is 3. The summed E-state index contributed by atoms with van der Waals surface area (Å²) in [5, 5.41) is 87.1. The topological polar surface area (TPSA) is 356 Å². The van der Waals surface area contributed by atoms with Crippen molar-refractivity contribution in [1.82, 2.24) is 21.3 Å². The number of rotatable bonds is 29. The number of aromatic hydroxyl groups is 4. The van der Waals surface area contributed by atoms with Gasteiger partial charge in [0.1, 0.15) is 63.5 Å². The number of aryl methyl sites for hydroxylation is 1. The summed E-state index contributed by atoms with van der Waals surface area (Å²) in [4.78, 5) is 77.3. The number of hydrogen-bond donors (Lipinski definition) is 13. The molecule has 25 nitrogen and oxygen atoms in total. The minimum Gasteiger partial charge on any atom is -0.508 e. The molecule has 0 aliphatic carbocycles. The number of halogens is 4. The van der Waals surface area contributed by atoms with E-state index in [4.69, 9.17) is 14.2 Å². The minimum absolute atomic E-state index is 0.0239. The summed E-state index contributed by atoms with van der Waals surface area (Å²) in [6.45, 7) is 0. The number of benzene rings is 13. The number of phenols is 4. The van der Waals surface area contributed by atoms with Crippen LogP contribution in [0, 0.1) is 23.3 Å². The number of nitrogens with one attached hydrogen (secondary N) is 4. The molecule has 13 aromatic carbocycles. The number of urea groups is 4. The average molecular weight is 1860 g/mol. The average Bonchev–Trinajstić information content (AvgIpc) is 1.64. The van der Waals surface area contributed by atoms with E-state index in [0.29, 0.717) is 129 Å². The van der Waals surface area contributed by atoms with Gasteiger partial charge in [-0.3, -0.25) is 24.2 Å². The zero-order valence-electron chi connectivity index (χ0n) is 73.8. The van der Waals surface area contributed by atoms with Gasteiger partial charge in [0.15, 0.2) is 0 Å². The number of amides is 8. The van der Waals surface area contributed by atoms with Crippen LogP contribution in [-0.4, -0.2) is 115 Å². The second kappa shape index (κ2) is 44.2. The first-order valence-corrected chi connectivity index (χ1v) is 45.5. The summed E-state index contributed by atoms with van der Waals surface area (Å²) < 4.78 is 80.0. The summed E-state index contributed by atoms with van der Waals surface area (Å²) in [6.07, 6.45) is 2.10. The Morgan fingerprint density at radius 1 is 0.326 bits per heavy atom. The Labute approximate surface area is 777 Å². The lowest BCUT2D eigenvalue weighted by molar-refractivity contribution is 0.159. The molecular weight excluding hydrogens is 1750 g/mol. The molecule has 4 heterocycles. The fourth-order valence-corrected chi connectivity index (χ4v) is 18.1. The number of phenolic OH excluding ortho intramolecular Hbond substituents is 4. The number of anilines is 4. The van der Waals surface area contributed by atoms with Gasteiger partial charge in [-0.2, -0.15) is 0 Å². The van der Waals surface area contributed by atoms with E-state index in [-0.39, 0.29) is 94.0 Å². The summed E-state index contributed by atoms with van der Waals surface area (Å²) in [5.74, 6) is 0.290. The van der Waals surface area contributed by atoms with E-state index in [0.717, 1.165) is 24.1 Å².